The SMILES string of the molecule is CC(C)(C=N)c1ccc2ccccc2c1. The van der Waals surface area contributed by atoms with Gasteiger partial charge in [-0.25, -0.2) is 0 Å². The minimum absolute atomic E-state index is 0.177. The van der Waals surface area contributed by atoms with Crippen LogP contribution in [-0.4, -0.2) is 6.21 Å². The summed E-state index contributed by atoms with van der Waals surface area (Å²) in [7, 11) is 0. The van der Waals surface area contributed by atoms with E-state index in [1.807, 2.05) is 12.1 Å². The molecule has 0 saturated carbocycles. The zero-order valence-corrected chi connectivity index (χ0v) is 9.12. The van der Waals surface area contributed by atoms with Gasteiger partial charge in [0.25, 0.3) is 0 Å². The van der Waals surface area contributed by atoms with Crippen LogP contribution in [0.15, 0.2) is 42.5 Å². The minimum atomic E-state index is -0.177. The molecular weight excluding hydrogens is 182 g/mol. The van der Waals surface area contributed by atoms with Crippen molar-refractivity contribution < 1.29 is 0 Å². The molecule has 0 heterocycles. The third-order valence-corrected chi connectivity index (χ3v) is 2.85. The van der Waals surface area contributed by atoms with Gasteiger partial charge in [0, 0.05) is 11.6 Å². The highest BCUT2D eigenvalue weighted by molar-refractivity contribution is 5.84. The smallest absolute Gasteiger partial charge is 0.0243 e. The molecule has 0 aromatic heterocycles. The minimum Gasteiger partial charge on any atom is -0.312 e. The van der Waals surface area contributed by atoms with E-state index in [-0.39, 0.29) is 5.41 Å². The Morgan fingerprint density at radius 3 is 2.33 bits per heavy atom. The van der Waals surface area contributed by atoms with E-state index in [2.05, 4.69) is 44.2 Å². The molecule has 0 aliphatic carbocycles. The summed E-state index contributed by atoms with van der Waals surface area (Å²) < 4.78 is 0. The Hall–Kier alpha value is -1.63. The van der Waals surface area contributed by atoms with Crippen LogP contribution in [0.25, 0.3) is 10.8 Å². The predicted molar refractivity (Wildman–Crippen MR) is 65.8 cm³/mol. The van der Waals surface area contributed by atoms with E-state index < -0.39 is 0 Å². The standard InChI is InChI=1S/C14H15N/c1-14(2,10-15)13-8-7-11-5-3-4-6-12(11)9-13/h3-10,15H,1-2H3. The van der Waals surface area contributed by atoms with Crippen molar-refractivity contribution in [1.29, 1.82) is 5.41 Å². The van der Waals surface area contributed by atoms with Crippen molar-refractivity contribution in [2.75, 3.05) is 0 Å². The molecule has 15 heavy (non-hydrogen) atoms. The van der Waals surface area contributed by atoms with Crippen LogP contribution in [0.3, 0.4) is 0 Å². The van der Waals surface area contributed by atoms with Gasteiger partial charge < -0.3 is 5.41 Å². The molecule has 0 spiro atoms. The summed E-state index contributed by atoms with van der Waals surface area (Å²) in [5, 5.41) is 9.92. The monoisotopic (exact) mass is 197 g/mol. The molecule has 1 N–H and O–H groups in total. The quantitative estimate of drug-likeness (QED) is 0.709. The molecule has 76 valence electrons. The first-order valence-electron chi connectivity index (χ1n) is 5.14. The second-order valence-corrected chi connectivity index (χ2v) is 4.43. The van der Waals surface area contributed by atoms with Gasteiger partial charge in [0.05, 0.1) is 0 Å². The first-order chi connectivity index (χ1) is 7.13. The molecule has 2 aromatic carbocycles. The van der Waals surface area contributed by atoms with Crippen LogP contribution in [0.1, 0.15) is 19.4 Å². The van der Waals surface area contributed by atoms with Crippen LogP contribution in [-0.2, 0) is 5.41 Å². The zero-order chi connectivity index (χ0) is 10.9. The second kappa shape index (κ2) is 3.50. The van der Waals surface area contributed by atoms with Crippen molar-refractivity contribution in [2.45, 2.75) is 19.3 Å². The van der Waals surface area contributed by atoms with E-state index in [1.165, 1.54) is 22.6 Å². The number of benzene rings is 2. The fraction of sp³-hybridized carbons (Fsp3) is 0.214. The van der Waals surface area contributed by atoms with E-state index in [0.29, 0.717) is 0 Å². The molecule has 0 bridgehead atoms. The molecular formula is C14H15N. The Balaban J connectivity index is 2.61. The zero-order valence-electron chi connectivity index (χ0n) is 9.12. The fourth-order valence-corrected chi connectivity index (χ4v) is 1.67. The van der Waals surface area contributed by atoms with Gasteiger partial charge in [-0.3, -0.25) is 0 Å². The lowest BCUT2D eigenvalue weighted by Crippen LogP contribution is -2.17. The normalized spacial score (nSPS) is 11.6. The van der Waals surface area contributed by atoms with Crippen molar-refractivity contribution in [3.63, 3.8) is 0 Å². The molecule has 0 atom stereocenters. The Labute approximate surface area is 90.3 Å². The molecule has 2 rings (SSSR count). The number of fused-ring (bicyclic) bond motifs is 1. The van der Waals surface area contributed by atoms with E-state index in [0.717, 1.165) is 0 Å². The van der Waals surface area contributed by atoms with Crippen LogP contribution in [0.5, 0.6) is 0 Å². The molecule has 0 aliphatic rings. The van der Waals surface area contributed by atoms with Crippen molar-refractivity contribution in [2.24, 2.45) is 0 Å². The first-order valence-corrected chi connectivity index (χ1v) is 5.14. The number of hydrogen-bond donors (Lipinski definition) is 1. The Morgan fingerprint density at radius 1 is 1.00 bits per heavy atom. The largest absolute Gasteiger partial charge is 0.312 e. The van der Waals surface area contributed by atoms with Crippen molar-refractivity contribution in [3.05, 3.63) is 48.0 Å². The number of rotatable bonds is 2. The van der Waals surface area contributed by atoms with Crippen molar-refractivity contribution in [1.82, 2.24) is 0 Å². The third-order valence-electron chi connectivity index (χ3n) is 2.85. The van der Waals surface area contributed by atoms with Crippen LogP contribution in [0, 0.1) is 5.41 Å². The van der Waals surface area contributed by atoms with E-state index in [1.54, 1.807) is 0 Å². The van der Waals surface area contributed by atoms with Gasteiger partial charge >= 0.3 is 0 Å². The first kappa shape index (κ1) is 9.91. The summed E-state index contributed by atoms with van der Waals surface area (Å²) >= 11 is 0. The highest BCUT2D eigenvalue weighted by Gasteiger charge is 2.16. The lowest BCUT2D eigenvalue weighted by atomic mass is 9.85. The third kappa shape index (κ3) is 1.78. The van der Waals surface area contributed by atoms with Crippen LogP contribution in [0.2, 0.25) is 0 Å². The molecule has 0 unspecified atom stereocenters. The summed E-state index contributed by atoms with van der Waals surface area (Å²) in [5.41, 5.74) is 1.01. The van der Waals surface area contributed by atoms with Crippen LogP contribution >= 0.6 is 0 Å². The second-order valence-electron chi connectivity index (χ2n) is 4.43. The summed E-state index contributed by atoms with van der Waals surface area (Å²) in [6, 6.07) is 14.7. The van der Waals surface area contributed by atoms with Crippen molar-refractivity contribution in [3.8, 4) is 0 Å². The maximum Gasteiger partial charge on any atom is 0.0243 e. The van der Waals surface area contributed by atoms with Gasteiger partial charge in [0.2, 0.25) is 0 Å². The summed E-state index contributed by atoms with van der Waals surface area (Å²) in [5.74, 6) is 0. The Bertz CT molecular complexity index is 497. The molecule has 1 heteroatoms. The molecule has 1 nitrogen and oxygen atoms in total. The molecule has 0 fully saturated rings. The topological polar surface area (TPSA) is 23.9 Å². The lowest BCUT2D eigenvalue weighted by molar-refractivity contribution is 0.732. The average molecular weight is 197 g/mol. The summed E-state index contributed by atoms with van der Waals surface area (Å²) in [6.45, 7) is 4.12. The predicted octanol–water partition coefficient (Wildman–Crippen LogP) is 3.77. The Morgan fingerprint density at radius 2 is 1.67 bits per heavy atom. The Kier molecular flexibility index (Phi) is 2.31. The molecule has 0 aliphatic heterocycles. The maximum atomic E-state index is 7.43. The van der Waals surface area contributed by atoms with E-state index >= 15 is 0 Å². The maximum absolute atomic E-state index is 7.43. The average Bonchev–Trinajstić information content (AvgIpc) is 2.28. The lowest BCUT2D eigenvalue weighted by Gasteiger charge is -2.19. The van der Waals surface area contributed by atoms with Gasteiger partial charge in [0.15, 0.2) is 0 Å². The number of nitrogens with one attached hydrogen (secondary N) is 1. The highest BCUT2D eigenvalue weighted by atomic mass is 14.4. The van der Waals surface area contributed by atoms with Crippen LogP contribution in [0.4, 0.5) is 0 Å². The van der Waals surface area contributed by atoms with Crippen LogP contribution < -0.4 is 0 Å². The van der Waals surface area contributed by atoms with Gasteiger partial charge in [0.1, 0.15) is 0 Å². The van der Waals surface area contributed by atoms with E-state index in [9.17, 15) is 0 Å². The summed E-state index contributed by atoms with van der Waals surface area (Å²) in [4.78, 5) is 0. The van der Waals surface area contributed by atoms with E-state index in [4.69, 9.17) is 5.41 Å². The number of hydrogen-bond acceptors (Lipinski definition) is 1. The van der Waals surface area contributed by atoms with Gasteiger partial charge in [-0.2, -0.15) is 0 Å². The van der Waals surface area contributed by atoms with Gasteiger partial charge in [-0.05, 0) is 16.3 Å². The molecule has 0 saturated heterocycles. The molecule has 2 aromatic rings. The van der Waals surface area contributed by atoms with Crippen molar-refractivity contribution >= 4 is 17.0 Å². The summed E-state index contributed by atoms with van der Waals surface area (Å²) in [6.07, 6.45) is 1.50. The molecule has 0 radical (unpaired) electrons. The molecule has 0 amide bonds. The fourth-order valence-electron chi connectivity index (χ4n) is 1.67. The van der Waals surface area contributed by atoms with Gasteiger partial charge in [-0.1, -0.05) is 56.3 Å². The van der Waals surface area contributed by atoms with Gasteiger partial charge in [-0.15, -0.1) is 0 Å². The highest BCUT2D eigenvalue weighted by Crippen LogP contribution is 2.24.